The van der Waals surface area contributed by atoms with E-state index in [4.69, 9.17) is 5.73 Å². The second-order valence-electron chi connectivity index (χ2n) is 9.00. The molecule has 5 rings (SSSR count). The van der Waals surface area contributed by atoms with Gasteiger partial charge in [0.25, 0.3) is 11.8 Å². The maximum Gasteiger partial charge on any atom is 0.255 e. The van der Waals surface area contributed by atoms with Crippen LogP contribution in [0.2, 0.25) is 0 Å². The number of imidazole rings is 1. The Morgan fingerprint density at radius 1 is 0.944 bits per heavy atom. The molecule has 0 radical (unpaired) electrons. The minimum Gasteiger partial charge on any atom is -0.369 e. The summed E-state index contributed by atoms with van der Waals surface area (Å²) in [6.07, 6.45) is 1.09. The lowest BCUT2D eigenvalue weighted by Gasteiger charge is -2.31. The van der Waals surface area contributed by atoms with Crippen LogP contribution in [0.3, 0.4) is 0 Å². The molecule has 0 atom stereocenters. The van der Waals surface area contributed by atoms with E-state index in [1.54, 1.807) is 41.3 Å². The first-order chi connectivity index (χ1) is 17.4. The molecule has 36 heavy (non-hydrogen) atoms. The highest BCUT2D eigenvalue weighted by Crippen LogP contribution is 2.25. The molecule has 8 nitrogen and oxygen atoms in total. The Balaban J connectivity index is 1.37. The molecule has 0 unspecified atom stereocenters. The van der Waals surface area contributed by atoms with Crippen molar-refractivity contribution >= 4 is 34.4 Å². The second kappa shape index (κ2) is 9.65. The van der Waals surface area contributed by atoms with Crippen LogP contribution in [0.1, 0.15) is 39.4 Å². The maximum absolute atomic E-state index is 13.2. The van der Waals surface area contributed by atoms with Crippen LogP contribution in [-0.2, 0) is 4.79 Å². The Hall–Kier alpha value is -4.46. The number of rotatable bonds is 5. The molecule has 1 saturated heterocycles. The van der Waals surface area contributed by atoms with E-state index < -0.39 is 0 Å². The summed E-state index contributed by atoms with van der Waals surface area (Å²) in [5.41, 5.74) is 9.34. The van der Waals surface area contributed by atoms with Crippen LogP contribution in [0.5, 0.6) is 0 Å². The van der Waals surface area contributed by atoms with Crippen LogP contribution in [0.25, 0.3) is 16.7 Å². The number of primary amides is 1. The van der Waals surface area contributed by atoms with Crippen LogP contribution in [0.15, 0.2) is 72.8 Å². The zero-order valence-corrected chi connectivity index (χ0v) is 20.0. The Kier molecular flexibility index (Phi) is 6.25. The van der Waals surface area contributed by atoms with Crippen LogP contribution in [-0.4, -0.2) is 45.3 Å². The van der Waals surface area contributed by atoms with Crippen LogP contribution < -0.4 is 11.1 Å². The topological polar surface area (TPSA) is 110 Å². The van der Waals surface area contributed by atoms with Crippen molar-refractivity contribution in [1.29, 1.82) is 0 Å². The number of nitrogens with one attached hydrogen (secondary N) is 1. The predicted octanol–water partition coefficient (Wildman–Crippen LogP) is 3.92. The molecule has 0 saturated carbocycles. The number of likely N-dealkylation sites (tertiary alicyclic amines) is 1. The van der Waals surface area contributed by atoms with E-state index in [0.717, 1.165) is 17.0 Å². The molecule has 1 aromatic heterocycles. The van der Waals surface area contributed by atoms with Crippen molar-refractivity contribution in [3.05, 3.63) is 89.7 Å². The number of benzene rings is 3. The van der Waals surface area contributed by atoms with E-state index in [2.05, 4.69) is 10.3 Å². The lowest BCUT2D eigenvalue weighted by Crippen LogP contribution is -2.42. The molecule has 1 aliphatic rings. The summed E-state index contributed by atoms with van der Waals surface area (Å²) in [6, 6.07) is 22.3. The molecule has 3 aromatic carbocycles. The number of nitrogens with two attached hydrogens (primary N) is 1. The van der Waals surface area contributed by atoms with E-state index >= 15 is 0 Å². The van der Waals surface area contributed by atoms with Crippen molar-refractivity contribution in [2.45, 2.75) is 19.8 Å². The fraction of sp³-hybridized carbons (Fsp3) is 0.214. The molecule has 0 bridgehead atoms. The highest BCUT2D eigenvalue weighted by molar-refractivity contribution is 6.10. The van der Waals surface area contributed by atoms with Crippen molar-refractivity contribution in [2.24, 2.45) is 11.7 Å². The molecule has 3 N–H and O–H groups in total. The lowest BCUT2D eigenvalue weighted by molar-refractivity contribution is -0.123. The zero-order chi connectivity index (χ0) is 25.2. The van der Waals surface area contributed by atoms with E-state index in [-0.39, 0.29) is 23.6 Å². The quantitative estimate of drug-likeness (QED) is 0.450. The summed E-state index contributed by atoms with van der Waals surface area (Å²) in [5, 5.41) is 2.90. The first-order valence-corrected chi connectivity index (χ1v) is 12.0. The number of carbonyl (C=O) groups excluding carboxylic acids is 3. The number of fused-ring (bicyclic) bond motifs is 1. The largest absolute Gasteiger partial charge is 0.369 e. The van der Waals surface area contributed by atoms with Gasteiger partial charge in [0, 0.05) is 30.3 Å². The average Bonchev–Trinajstić information content (AvgIpc) is 3.24. The molecule has 1 aliphatic heterocycles. The molecule has 4 aromatic rings. The first kappa shape index (κ1) is 23.3. The number of hydrogen-bond acceptors (Lipinski definition) is 4. The van der Waals surface area contributed by atoms with Gasteiger partial charge in [0.1, 0.15) is 5.82 Å². The summed E-state index contributed by atoms with van der Waals surface area (Å²) in [6.45, 7) is 2.84. The van der Waals surface area contributed by atoms with Gasteiger partial charge < -0.3 is 16.0 Å². The van der Waals surface area contributed by atoms with Gasteiger partial charge in [-0.05, 0) is 62.2 Å². The van der Waals surface area contributed by atoms with Gasteiger partial charge in [-0.3, -0.25) is 19.0 Å². The average molecular weight is 482 g/mol. The number of amides is 3. The summed E-state index contributed by atoms with van der Waals surface area (Å²) in [5.74, 6) is -0.203. The smallest absolute Gasteiger partial charge is 0.255 e. The molecule has 2 heterocycles. The van der Waals surface area contributed by atoms with Crippen LogP contribution in [0.4, 0.5) is 5.69 Å². The molecule has 0 spiro atoms. The van der Waals surface area contributed by atoms with Gasteiger partial charge in [-0.2, -0.15) is 0 Å². The minimum absolute atomic E-state index is 0.179. The molecule has 1 fully saturated rings. The Morgan fingerprint density at radius 2 is 1.64 bits per heavy atom. The molecular weight excluding hydrogens is 454 g/mol. The summed E-state index contributed by atoms with van der Waals surface area (Å²) >= 11 is 0. The van der Waals surface area contributed by atoms with Crippen molar-refractivity contribution in [3.8, 4) is 5.69 Å². The van der Waals surface area contributed by atoms with Gasteiger partial charge in [0.2, 0.25) is 5.91 Å². The normalized spacial score (nSPS) is 14.1. The first-order valence-electron chi connectivity index (χ1n) is 12.0. The fourth-order valence-corrected chi connectivity index (χ4v) is 4.76. The summed E-state index contributed by atoms with van der Waals surface area (Å²) in [7, 11) is 0. The number of anilines is 1. The number of piperidine rings is 1. The van der Waals surface area contributed by atoms with Gasteiger partial charge in [-0.25, -0.2) is 4.98 Å². The van der Waals surface area contributed by atoms with Crippen molar-refractivity contribution < 1.29 is 14.4 Å². The zero-order valence-electron chi connectivity index (χ0n) is 20.0. The monoisotopic (exact) mass is 481 g/mol. The predicted molar refractivity (Wildman–Crippen MR) is 138 cm³/mol. The molecular formula is C28H27N5O3. The van der Waals surface area contributed by atoms with E-state index in [1.807, 2.05) is 47.9 Å². The standard InChI is InChI=1S/C28H27N5O3/c1-18-30-24-17-20(11-12-25(24)33(18)21-7-3-2-4-8-21)27(35)31-23-10-6-5-9-22(23)28(36)32-15-13-19(14-16-32)26(29)34/h2-12,17,19H,13-16H2,1H3,(H2,29,34)(H,31,35). The SMILES string of the molecule is Cc1nc2cc(C(=O)Nc3ccccc3C(=O)N3CCC(C(N)=O)CC3)ccc2n1-c1ccccc1. The second-order valence-corrected chi connectivity index (χ2v) is 9.00. The highest BCUT2D eigenvalue weighted by atomic mass is 16.2. The van der Waals surface area contributed by atoms with Crippen molar-refractivity contribution in [1.82, 2.24) is 14.5 Å². The summed E-state index contributed by atoms with van der Waals surface area (Å²) in [4.78, 5) is 44.2. The molecule has 3 amide bonds. The number of carbonyl (C=O) groups is 3. The van der Waals surface area contributed by atoms with Crippen LogP contribution >= 0.6 is 0 Å². The van der Waals surface area contributed by atoms with E-state index in [1.165, 1.54) is 0 Å². The molecule has 8 heteroatoms. The van der Waals surface area contributed by atoms with Crippen LogP contribution in [0, 0.1) is 12.8 Å². The van der Waals surface area contributed by atoms with Crippen molar-refractivity contribution in [2.75, 3.05) is 18.4 Å². The van der Waals surface area contributed by atoms with Gasteiger partial charge in [0.15, 0.2) is 0 Å². The van der Waals surface area contributed by atoms with E-state index in [0.29, 0.717) is 48.3 Å². The third kappa shape index (κ3) is 4.45. The fourth-order valence-electron chi connectivity index (χ4n) is 4.76. The Labute approximate surface area is 208 Å². The third-order valence-corrected chi connectivity index (χ3v) is 6.69. The van der Waals surface area contributed by atoms with Gasteiger partial charge >= 0.3 is 0 Å². The van der Waals surface area contributed by atoms with Gasteiger partial charge in [-0.15, -0.1) is 0 Å². The molecule has 182 valence electrons. The van der Waals surface area contributed by atoms with Gasteiger partial charge in [-0.1, -0.05) is 30.3 Å². The minimum atomic E-state index is -0.324. The lowest BCUT2D eigenvalue weighted by atomic mass is 9.95. The number of aryl methyl sites for hydroxylation is 1. The molecule has 0 aliphatic carbocycles. The summed E-state index contributed by atoms with van der Waals surface area (Å²) < 4.78 is 2.05. The number of para-hydroxylation sites is 2. The number of nitrogens with zero attached hydrogens (tertiary/aromatic N) is 3. The number of hydrogen-bond donors (Lipinski definition) is 2. The maximum atomic E-state index is 13.2. The Bertz CT molecular complexity index is 1450. The Morgan fingerprint density at radius 3 is 2.36 bits per heavy atom. The van der Waals surface area contributed by atoms with Gasteiger partial charge in [0.05, 0.1) is 22.3 Å². The van der Waals surface area contributed by atoms with E-state index in [9.17, 15) is 14.4 Å². The van der Waals surface area contributed by atoms with Crippen molar-refractivity contribution in [3.63, 3.8) is 0 Å². The number of aromatic nitrogens is 2. The third-order valence-electron chi connectivity index (χ3n) is 6.69. The highest BCUT2D eigenvalue weighted by Gasteiger charge is 2.27.